The first-order valence-electron chi connectivity index (χ1n) is 5.07. The molecule has 0 fully saturated rings. The zero-order valence-electron chi connectivity index (χ0n) is 8.83. The minimum absolute atomic E-state index is 0.198. The first-order chi connectivity index (χ1) is 8.04. The quantitative estimate of drug-likeness (QED) is 0.897. The van der Waals surface area contributed by atoms with Crippen molar-refractivity contribution in [2.24, 2.45) is 0 Å². The molecule has 0 radical (unpaired) electrons. The van der Waals surface area contributed by atoms with E-state index in [1.807, 2.05) is 6.07 Å². The number of rotatable bonds is 3. The van der Waals surface area contributed by atoms with Gasteiger partial charge < -0.3 is 5.32 Å². The van der Waals surface area contributed by atoms with Crippen molar-refractivity contribution in [1.82, 2.24) is 9.97 Å². The second-order valence-electron chi connectivity index (χ2n) is 3.54. The topological polar surface area (TPSA) is 37.8 Å². The Morgan fingerprint density at radius 3 is 2.53 bits per heavy atom. The summed E-state index contributed by atoms with van der Waals surface area (Å²) >= 11 is 0. The fourth-order valence-electron chi connectivity index (χ4n) is 1.37. The van der Waals surface area contributed by atoms with Gasteiger partial charge >= 0.3 is 6.18 Å². The van der Waals surface area contributed by atoms with Crippen molar-refractivity contribution in [1.29, 1.82) is 0 Å². The Morgan fingerprint density at radius 1 is 1.12 bits per heavy atom. The van der Waals surface area contributed by atoms with E-state index in [1.165, 1.54) is 6.20 Å². The largest absolute Gasteiger partial charge is 0.390 e. The predicted molar refractivity (Wildman–Crippen MR) is 58.7 cm³/mol. The highest BCUT2D eigenvalue weighted by Gasteiger charge is 2.26. The van der Waals surface area contributed by atoms with Crippen LogP contribution in [0.15, 0.2) is 30.5 Å². The van der Waals surface area contributed by atoms with Gasteiger partial charge in [-0.1, -0.05) is 12.1 Å². The van der Waals surface area contributed by atoms with E-state index in [4.69, 9.17) is 0 Å². The summed E-state index contributed by atoms with van der Waals surface area (Å²) in [6, 6.07) is 7.18. The summed E-state index contributed by atoms with van der Waals surface area (Å²) in [5.41, 5.74) is 1.37. The molecule has 0 unspecified atom stereocenters. The number of nitrogens with zero attached hydrogens (tertiary/aromatic N) is 2. The van der Waals surface area contributed by atoms with E-state index in [0.717, 1.165) is 0 Å². The molecule has 2 aromatic rings. The smallest absolute Gasteiger partial charge is 0.368 e. The Labute approximate surface area is 95.7 Å². The molecule has 0 saturated carbocycles. The number of hydrogen-bond acceptors (Lipinski definition) is 3. The number of nitrogens with one attached hydrogen (secondary N) is 1. The number of fused-ring (bicyclic) bond motifs is 1. The van der Waals surface area contributed by atoms with Crippen LogP contribution in [0.1, 0.15) is 6.42 Å². The maximum atomic E-state index is 11.9. The van der Waals surface area contributed by atoms with Gasteiger partial charge in [-0.25, -0.2) is 4.98 Å². The highest BCUT2D eigenvalue weighted by atomic mass is 19.4. The van der Waals surface area contributed by atoms with E-state index in [1.54, 1.807) is 18.2 Å². The highest BCUT2D eigenvalue weighted by molar-refractivity contribution is 5.75. The molecule has 0 bridgehead atoms. The molecule has 0 atom stereocenters. The van der Waals surface area contributed by atoms with Crippen LogP contribution in [0.5, 0.6) is 0 Å². The highest BCUT2D eigenvalue weighted by Crippen LogP contribution is 2.19. The third kappa shape index (κ3) is 3.30. The Hall–Kier alpha value is -1.85. The summed E-state index contributed by atoms with van der Waals surface area (Å²) in [6.45, 7) is -0.198. The number of anilines is 1. The molecule has 1 aromatic heterocycles. The van der Waals surface area contributed by atoms with E-state index in [9.17, 15) is 13.2 Å². The van der Waals surface area contributed by atoms with Crippen molar-refractivity contribution >= 4 is 16.9 Å². The van der Waals surface area contributed by atoms with Crippen LogP contribution in [0.25, 0.3) is 11.0 Å². The van der Waals surface area contributed by atoms with E-state index in [2.05, 4.69) is 15.3 Å². The van der Waals surface area contributed by atoms with Gasteiger partial charge in [0.1, 0.15) is 5.82 Å². The van der Waals surface area contributed by atoms with Crippen molar-refractivity contribution in [2.45, 2.75) is 12.6 Å². The molecule has 6 heteroatoms. The standard InChI is InChI=1S/C11H10F3N3/c12-11(13,14)5-6-15-10-7-16-8-3-1-2-4-9(8)17-10/h1-4,7H,5-6H2,(H,15,17). The summed E-state index contributed by atoms with van der Waals surface area (Å²) in [5, 5.41) is 2.60. The molecule has 0 aliphatic heterocycles. The Balaban J connectivity index is 2.04. The predicted octanol–water partition coefficient (Wildman–Crippen LogP) is 2.99. The van der Waals surface area contributed by atoms with E-state index in [0.29, 0.717) is 16.9 Å². The van der Waals surface area contributed by atoms with Crippen LogP contribution in [0.3, 0.4) is 0 Å². The number of para-hydroxylation sites is 2. The third-order valence-electron chi connectivity index (χ3n) is 2.16. The molecule has 1 aromatic carbocycles. The molecule has 3 nitrogen and oxygen atoms in total. The lowest BCUT2D eigenvalue weighted by Gasteiger charge is -2.08. The van der Waals surface area contributed by atoms with Gasteiger partial charge in [0.25, 0.3) is 0 Å². The van der Waals surface area contributed by atoms with Gasteiger partial charge in [-0.3, -0.25) is 4.98 Å². The van der Waals surface area contributed by atoms with E-state index < -0.39 is 12.6 Å². The lowest BCUT2D eigenvalue weighted by molar-refractivity contribution is -0.131. The maximum Gasteiger partial charge on any atom is 0.390 e. The monoisotopic (exact) mass is 241 g/mol. The number of hydrogen-bond donors (Lipinski definition) is 1. The number of benzene rings is 1. The lowest BCUT2D eigenvalue weighted by atomic mass is 10.3. The van der Waals surface area contributed by atoms with Gasteiger partial charge in [0, 0.05) is 6.54 Å². The molecule has 0 saturated heterocycles. The van der Waals surface area contributed by atoms with Gasteiger partial charge in [0.05, 0.1) is 23.7 Å². The molecule has 17 heavy (non-hydrogen) atoms. The molecular formula is C11H10F3N3. The Kier molecular flexibility index (Phi) is 3.12. The van der Waals surface area contributed by atoms with Crippen molar-refractivity contribution < 1.29 is 13.2 Å². The fraction of sp³-hybridized carbons (Fsp3) is 0.273. The van der Waals surface area contributed by atoms with Crippen LogP contribution >= 0.6 is 0 Å². The SMILES string of the molecule is FC(F)(F)CCNc1cnc2ccccc2n1. The van der Waals surface area contributed by atoms with Crippen molar-refractivity contribution in [3.63, 3.8) is 0 Å². The average molecular weight is 241 g/mol. The summed E-state index contributed by atoms with van der Waals surface area (Å²) in [6.07, 6.45) is -3.61. The summed E-state index contributed by atoms with van der Waals surface area (Å²) < 4.78 is 35.8. The number of aromatic nitrogens is 2. The lowest BCUT2D eigenvalue weighted by Crippen LogP contribution is -2.15. The molecule has 2 rings (SSSR count). The van der Waals surface area contributed by atoms with Gasteiger partial charge in [0.2, 0.25) is 0 Å². The third-order valence-corrected chi connectivity index (χ3v) is 2.16. The van der Waals surface area contributed by atoms with Crippen LogP contribution in [-0.2, 0) is 0 Å². The molecule has 0 spiro atoms. The van der Waals surface area contributed by atoms with Crippen LogP contribution in [0.4, 0.5) is 19.0 Å². The van der Waals surface area contributed by atoms with Crippen LogP contribution in [0.2, 0.25) is 0 Å². The number of alkyl halides is 3. The van der Waals surface area contributed by atoms with E-state index in [-0.39, 0.29) is 6.54 Å². The van der Waals surface area contributed by atoms with Gasteiger partial charge in [-0.05, 0) is 12.1 Å². The van der Waals surface area contributed by atoms with Gasteiger partial charge in [-0.15, -0.1) is 0 Å². The first kappa shape index (κ1) is 11.6. The summed E-state index contributed by atoms with van der Waals surface area (Å²) in [5.74, 6) is 0.355. The second-order valence-corrected chi connectivity index (χ2v) is 3.54. The zero-order chi connectivity index (χ0) is 12.3. The summed E-state index contributed by atoms with van der Waals surface area (Å²) in [7, 11) is 0. The van der Waals surface area contributed by atoms with Crippen molar-refractivity contribution in [3.8, 4) is 0 Å². The molecule has 0 aliphatic rings. The summed E-state index contributed by atoms with van der Waals surface area (Å²) in [4.78, 5) is 8.24. The minimum atomic E-state index is -4.16. The van der Waals surface area contributed by atoms with E-state index >= 15 is 0 Å². The van der Waals surface area contributed by atoms with Gasteiger partial charge in [-0.2, -0.15) is 13.2 Å². The minimum Gasteiger partial charge on any atom is -0.368 e. The van der Waals surface area contributed by atoms with Crippen LogP contribution in [-0.4, -0.2) is 22.7 Å². The second kappa shape index (κ2) is 4.57. The average Bonchev–Trinajstić information content (AvgIpc) is 2.27. The molecule has 1 heterocycles. The normalized spacial score (nSPS) is 11.7. The molecule has 0 aliphatic carbocycles. The Bertz CT molecular complexity index is 511. The zero-order valence-corrected chi connectivity index (χ0v) is 8.83. The number of halogens is 3. The van der Waals surface area contributed by atoms with Crippen LogP contribution in [0, 0.1) is 0 Å². The van der Waals surface area contributed by atoms with Crippen molar-refractivity contribution in [3.05, 3.63) is 30.5 Å². The van der Waals surface area contributed by atoms with Crippen molar-refractivity contribution in [2.75, 3.05) is 11.9 Å². The van der Waals surface area contributed by atoms with Crippen LogP contribution < -0.4 is 5.32 Å². The maximum absolute atomic E-state index is 11.9. The van der Waals surface area contributed by atoms with Gasteiger partial charge in [0.15, 0.2) is 0 Å². The molecular weight excluding hydrogens is 231 g/mol. The molecule has 1 N–H and O–H groups in total. The Morgan fingerprint density at radius 2 is 1.82 bits per heavy atom. The fourth-order valence-corrected chi connectivity index (χ4v) is 1.37. The molecule has 0 amide bonds. The first-order valence-corrected chi connectivity index (χ1v) is 5.07. The molecule has 90 valence electrons.